The van der Waals surface area contributed by atoms with Crippen molar-refractivity contribution in [3.05, 3.63) is 65.2 Å². The Balaban J connectivity index is 1.94. The van der Waals surface area contributed by atoms with Crippen molar-refractivity contribution in [1.82, 2.24) is 5.32 Å². The molecule has 0 bridgehead atoms. The van der Waals surface area contributed by atoms with Gasteiger partial charge in [-0.15, -0.1) is 0 Å². The molecule has 6 nitrogen and oxygen atoms in total. The zero-order chi connectivity index (χ0) is 23.0. The topological polar surface area (TPSA) is 84.5 Å². The van der Waals surface area contributed by atoms with Crippen molar-refractivity contribution < 1.29 is 19.1 Å². The smallest absolute Gasteiger partial charge is 0.329 e. The van der Waals surface area contributed by atoms with Crippen LogP contribution in [0.5, 0.6) is 0 Å². The van der Waals surface area contributed by atoms with Gasteiger partial charge >= 0.3 is 5.97 Å². The number of benzene rings is 2. The van der Waals surface area contributed by atoms with E-state index in [0.29, 0.717) is 0 Å². The number of carbonyl (C=O) groups is 3. The summed E-state index contributed by atoms with van der Waals surface area (Å²) in [7, 11) is 0. The third-order valence-electron chi connectivity index (χ3n) is 4.98. The maximum absolute atomic E-state index is 12.6. The monoisotopic (exact) mass is 424 g/mol. The lowest BCUT2D eigenvalue weighted by molar-refractivity contribution is -0.151. The fraction of sp³-hybridized carbons (Fsp3) is 0.400. The molecule has 0 fully saturated rings. The van der Waals surface area contributed by atoms with Gasteiger partial charge in [-0.3, -0.25) is 9.59 Å². The van der Waals surface area contributed by atoms with Crippen molar-refractivity contribution in [2.45, 2.75) is 53.0 Å². The first-order chi connectivity index (χ1) is 14.7. The van der Waals surface area contributed by atoms with Crippen LogP contribution in [0.25, 0.3) is 0 Å². The minimum Gasteiger partial charge on any atom is -0.454 e. The van der Waals surface area contributed by atoms with Gasteiger partial charge in [0, 0.05) is 5.69 Å². The van der Waals surface area contributed by atoms with Crippen LogP contribution in [0.2, 0.25) is 0 Å². The molecule has 0 spiro atoms. The number of esters is 1. The first kappa shape index (κ1) is 24.1. The Morgan fingerprint density at radius 1 is 0.903 bits per heavy atom. The second-order valence-electron chi connectivity index (χ2n) is 8.30. The van der Waals surface area contributed by atoms with Gasteiger partial charge in [0.25, 0.3) is 5.91 Å². The second-order valence-corrected chi connectivity index (χ2v) is 8.30. The largest absolute Gasteiger partial charge is 0.454 e. The van der Waals surface area contributed by atoms with Crippen LogP contribution < -0.4 is 10.6 Å². The minimum atomic E-state index is -0.825. The molecule has 0 unspecified atom stereocenters. The van der Waals surface area contributed by atoms with Gasteiger partial charge in [0.05, 0.1) is 6.42 Å². The Morgan fingerprint density at radius 3 is 2.19 bits per heavy atom. The molecule has 6 heteroatoms. The van der Waals surface area contributed by atoms with Crippen LogP contribution in [-0.2, 0) is 25.5 Å². The van der Waals surface area contributed by atoms with Crippen molar-refractivity contribution in [1.29, 1.82) is 0 Å². The third kappa shape index (κ3) is 7.24. The van der Waals surface area contributed by atoms with Gasteiger partial charge in [-0.2, -0.15) is 0 Å². The number of anilines is 1. The molecule has 0 saturated heterocycles. The maximum Gasteiger partial charge on any atom is 0.329 e. The first-order valence-electron chi connectivity index (χ1n) is 10.6. The minimum absolute atomic E-state index is 0.170. The summed E-state index contributed by atoms with van der Waals surface area (Å²) < 4.78 is 5.23. The maximum atomic E-state index is 12.6. The van der Waals surface area contributed by atoms with E-state index in [-0.39, 0.29) is 24.2 Å². The van der Waals surface area contributed by atoms with E-state index in [9.17, 15) is 14.4 Å². The fourth-order valence-corrected chi connectivity index (χ4v) is 3.25. The molecule has 166 valence electrons. The van der Waals surface area contributed by atoms with Crippen LogP contribution in [0.3, 0.4) is 0 Å². The van der Waals surface area contributed by atoms with Crippen LogP contribution in [0.15, 0.2) is 48.5 Å². The third-order valence-corrected chi connectivity index (χ3v) is 4.98. The standard InChI is InChI=1S/C25H32N2O4/c1-16(2)20-13-9-10-18(5)24(20)27-22(29)15-31-25(30)23(17(3)4)26-21(28)14-19-11-7-6-8-12-19/h6-13,16-17,23H,14-15H2,1-5H3,(H,26,28)(H,27,29)/t23-/m0/s1. The molecule has 2 rings (SSSR count). The van der Waals surface area contributed by atoms with Gasteiger partial charge < -0.3 is 15.4 Å². The highest BCUT2D eigenvalue weighted by atomic mass is 16.5. The zero-order valence-electron chi connectivity index (χ0n) is 18.9. The molecule has 0 aliphatic heterocycles. The Labute approximate surface area is 184 Å². The zero-order valence-corrected chi connectivity index (χ0v) is 18.9. The summed E-state index contributed by atoms with van der Waals surface area (Å²) in [5, 5.41) is 5.58. The Kier molecular flexibility index (Phi) is 8.79. The van der Waals surface area contributed by atoms with E-state index in [1.54, 1.807) is 0 Å². The summed E-state index contributed by atoms with van der Waals surface area (Å²) >= 11 is 0. The lowest BCUT2D eigenvalue weighted by Crippen LogP contribution is -2.46. The van der Waals surface area contributed by atoms with Crippen molar-refractivity contribution in [3.8, 4) is 0 Å². The van der Waals surface area contributed by atoms with Gasteiger partial charge in [0.15, 0.2) is 6.61 Å². The molecule has 0 aromatic heterocycles. The summed E-state index contributed by atoms with van der Waals surface area (Å²) in [4.78, 5) is 37.3. The average molecular weight is 425 g/mol. The van der Waals surface area contributed by atoms with Crippen molar-refractivity contribution in [2.24, 2.45) is 5.92 Å². The summed E-state index contributed by atoms with van der Waals surface area (Å²) in [6.45, 7) is 9.24. The van der Waals surface area contributed by atoms with Crippen molar-refractivity contribution >= 4 is 23.5 Å². The number of aryl methyl sites for hydroxylation is 1. The van der Waals surface area contributed by atoms with E-state index in [1.165, 1.54) is 0 Å². The summed E-state index contributed by atoms with van der Waals surface area (Å²) in [6.07, 6.45) is 0.170. The van der Waals surface area contributed by atoms with Crippen LogP contribution in [0.4, 0.5) is 5.69 Å². The lowest BCUT2D eigenvalue weighted by atomic mass is 9.98. The number of hydrogen-bond donors (Lipinski definition) is 2. The molecular weight excluding hydrogens is 392 g/mol. The summed E-state index contributed by atoms with van der Waals surface area (Å²) in [5.41, 5.74) is 3.57. The highest BCUT2D eigenvalue weighted by Crippen LogP contribution is 2.27. The molecule has 0 aliphatic carbocycles. The van der Waals surface area contributed by atoms with E-state index < -0.39 is 24.5 Å². The molecular formula is C25H32N2O4. The molecule has 2 aromatic rings. The van der Waals surface area contributed by atoms with Crippen molar-refractivity contribution in [2.75, 3.05) is 11.9 Å². The summed E-state index contributed by atoms with van der Waals surface area (Å²) in [6, 6.07) is 14.3. The van der Waals surface area contributed by atoms with Crippen LogP contribution in [-0.4, -0.2) is 30.4 Å². The van der Waals surface area contributed by atoms with E-state index in [0.717, 1.165) is 22.4 Å². The Morgan fingerprint density at radius 2 is 1.58 bits per heavy atom. The number of amides is 2. The Bertz CT molecular complexity index is 907. The fourth-order valence-electron chi connectivity index (χ4n) is 3.25. The molecule has 31 heavy (non-hydrogen) atoms. The van der Waals surface area contributed by atoms with Gasteiger partial charge in [-0.25, -0.2) is 4.79 Å². The van der Waals surface area contributed by atoms with Crippen molar-refractivity contribution in [3.63, 3.8) is 0 Å². The predicted octanol–water partition coefficient (Wildman–Crippen LogP) is 3.98. The summed E-state index contributed by atoms with van der Waals surface area (Å²) in [5.74, 6) is -1.25. The molecule has 1 atom stereocenters. The molecule has 0 saturated carbocycles. The van der Waals surface area contributed by atoms with Gasteiger partial charge in [-0.1, -0.05) is 76.2 Å². The predicted molar refractivity (Wildman–Crippen MR) is 122 cm³/mol. The van der Waals surface area contributed by atoms with Gasteiger partial charge in [0.1, 0.15) is 6.04 Å². The van der Waals surface area contributed by atoms with Gasteiger partial charge in [0.2, 0.25) is 5.91 Å². The van der Waals surface area contributed by atoms with E-state index >= 15 is 0 Å². The van der Waals surface area contributed by atoms with Crippen LogP contribution >= 0.6 is 0 Å². The Hall–Kier alpha value is -3.15. The second kappa shape index (κ2) is 11.3. The number of rotatable bonds is 9. The normalized spacial score (nSPS) is 11.8. The number of carbonyl (C=O) groups excluding carboxylic acids is 3. The number of nitrogens with one attached hydrogen (secondary N) is 2. The molecule has 0 aliphatic rings. The van der Waals surface area contributed by atoms with Crippen LogP contribution in [0.1, 0.15) is 50.3 Å². The van der Waals surface area contributed by atoms with E-state index in [2.05, 4.69) is 24.5 Å². The molecule has 0 heterocycles. The number of ether oxygens (including phenoxy) is 1. The molecule has 2 aromatic carbocycles. The molecule has 2 amide bonds. The van der Waals surface area contributed by atoms with Crippen LogP contribution in [0, 0.1) is 12.8 Å². The van der Waals surface area contributed by atoms with E-state index in [1.807, 2.05) is 69.3 Å². The van der Waals surface area contributed by atoms with E-state index in [4.69, 9.17) is 4.74 Å². The molecule has 2 N–H and O–H groups in total. The lowest BCUT2D eigenvalue weighted by Gasteiger charge is -2.21. The highest BCUT2D eigenvalue weighted by Gasteiger charge is 2.26. The molecule has 0 radical (unpaired) electrons. The highest BCUT2D eigenvalue weighted by molar-refractivity contribution is 5.95. The quantitative estimate of drug-likeness (QED) is 0.596. The number of para-hydroxylation sites is 1. The first-order valence-corrected chi connectivity index (χ1v) is 10.6. The van der Waals surface area contributed by atoms with Gasteiger partial charge in [-0.05, 0) is 35.4 Å². The number of hydrogen-bond acceptors (Lipinski definition) is 4. The SMILES string of the molecule is Cc1cccc(C(C)C)c1NC(=O)COC(=O)[C@@H](NC(=O)Cc1ccccc1)C(C)C. The average Bonchev–Trinajstić information content (AvgIpc) is 2.72.